The molecule has 0 N–H and O–H groups in total. The van der Waals surface area contributed by atoms with Crippen LogP contribution < -0.4 is 4.74 Å². The van der Waals surface area contributed by atoms with Crippen LogP contribution in [0.2, 0.25) is 0 Å². The Morgan fingerprint density at radius 1 is 1.09 bits per heavy atom. The average molecular weight is 324 g/mol. The highest BCUT2D eigenvalue weighted by atomic mass is 19.4. The van der Waals surface area contributed by atoms with Gasteiger partial charge in [0.1, 0.15) is 0 Å². The summed E-state index contributed by atoms with van der Waals surface area (Å²) in [4.78, 5) is 6.21. The van der Waals surface area contributed by atoms with Gasteiger partial charge in [-0.05, 0) is 44.3 Å². The summed E-state index contributed by atoms with van der Waals surface area (Å²) in [6, 6.07) is 8.58. The number of benzene rings is 1. The zero-order valence-electron chi connectivity index (χ0n) is 13.1. The number of alkyl halides is 3. The molecular formula is C17H19F3N2O. The van der Waals surface area contributed by atoms with Crippen LogP contribution in [-0.2, 0) is 6.18 Å². The van der Waals surface area contributed by atoms with Crippen molar-refractivity contribution in [1.29, 1.82) is 0 Å². The molecule has 124 valence electrons. The lowest BCUT2D eigenvalue weighted by atomic mass is 10.0. The maximum Gasteiger partial charge on any atom is 0.416 e. The third kappa shape index (κ3) is 5.25. The molecule has 1 heterocycles. The molecule has 0 spiro atoms. The number of ether oxygens (including phenoxy) is 1. The summed E-state index contributed by atoms with van der Waals surface area (Å²) >= 11 is 0. The maximum absolute atomic E-state index is 12.7. The van der Waals surface area contributed by atoms with Gasteiger partial charge in [0.2, 0.25) is 5.88 Å². The second-order valence-corrected chi connectivity index (χ2v) is 5.47. The van der Waals surface area contributed by atoms with E-state index < -0.39 is 11.7 Å². The molecule has 0 atom stereocenters. The Kier molecular flexibility index (Phi) is 5.60. The first kappa shape index (κ1) is 17.3. The summed E-state index contributed by atoms with van der Waals surface area (Å²) in [5, 5.41) is 0. The molecule has 0 unspecified atom stereocenters. The molecule has 0 saturated heterocycles. The molecule has 0 saturated carbocycles. The number of aromatic nitrogens is 1. The van der Waals surface area contributed by atoms with Crippen LogP contribution >= 0.6 is 0 Å². The van der Waals surface area contributed by atoms with Crippen LogP contribution in [0.25, 0.3) is 11.1 Å². The van der Waals surface area contributed by atoms with Crippen molar-refractivity contribution >= 4 is 0 Å². The minimum atomic E-state index is -4.35. The first-order valence-electron chi connectivity index (χ1n) is 7.27. The van der Waals surface area contributed by atoms with Gasteiger partial charge in [-0.25, -0.2) is 4.98 Å². The van der Waals surface area contributed by atoms with Crippen LogP contribution in [0.5, 0.6) is 5.88 Å². The van der Waals surface area contributed by atoms with E-state index in [0.717, 1.165) is 25.1 Å². The summed E-state index contributed by atoms with van der Waals surface area (Å²) in [6.45, 7) is 1.47. The average Bonchev–Trinajstić information content (AvgIpc) is 2.51. The Morgan fingerprint density at radius 2 is 1.87 bits per heavy atom. The Morgan fingerprint density at radius 3 is 2.48 bits per heavy atom. The van der Waals surface area contributed by atoms with Gasteiger partial charge < -0.3 is 9.64 Å². The normalized spacial score (nSPS) is 11.7. The molecule has 0 aliphatic heterocycles. The van der Waals surface area contributed by atoms with Crippen molar-refractivity contribution in [2.24, 2.45) is 0 Å². The van der Waals surface area contributed by atoms with Gasteiger partial charge >= 0.3 is 6.18 Å². The van der Waals surface area contributed by atoms with E-state index in [0.29, 0.717) is 23.6 Å². The van der Waals surface area contributed by atoms with Gasteiger partial charge in [-0.15, -0.1) is 0 Å². The number of hydrogen-bond acceptors (Lipinski definition) is 3. The van der Waals surface area contributed by atoms with Crippen molar-refractivity contribution in [2.45, 2.75) is 12.6 Å². The number of rotatable bonds is 6. The molecule has 0 fully saturated rings. The zero-order chi connectivity index (χ0) is 16.9. The fourth-order valence-corrected chi connectivity index (χ4v) is 2.07. The van der Waals surface area contributed by atoms with Gasteiger partial charge in [0.15, 0.2) is 0 Å². The van der Waals surface area contributed by atoms with E-state index >= 15 is 0 Å². The lowest BCUT2D eigenvalue weighted by molar-refractivity contribution is -0.137. The lowest BCUT2D eigenvalue weighted by Crippen LogP contribution is -2.15. The van der Waals surface area contributed by atoms with Crippen LogP contribution in [0.4, 0.5) is 13.2 Å². The smallest absolute Gasteiger partial charge is 0.416 e. The molecule has 1 aromatic carbocycles. The van der Waals surface area contributed by atoms with E-state index in [9.17, 15) is 13.2 Å². The summed E-state index contributed by atoms with van der Waals surface area (Å²) < 4.78 is 43.7. The molecule has 3 nitrogen and oxygen atoms in total. The molecule has 0 aliphatic carbocycles. The van der Waals surface area contributed by atoms with E-state index in [4.69, 9.17) is 4.74 Å². The van der Waals surface area contributed by atoms with Gasteiger partial charge in [0, 0.05) is 24.4 Å². The van der Waals surface area contributed by atoms with Gasteiger partial charge in [-0.3, -0.25) is 0 Å². The molecule has 6 heteroatoms. The zero-order valence-corrected chi connectivity index (χ0v) is 13.1. The van der Waals surface area contributed by atoms with Crippen molar-refractivity contribution in [1.82, 2.24) is 9.88 Å². The van der Waals surface area contributed by atoms with Crippen molar-refractivity contribution < 1.29 is 17.9 Å². The SMILES string of the molecule is CN(C)CCCOc1ccc(-c2cccc(C(F)(F)F)c2)cn1. The Balaban J connectivity index is 2.02. The molecule has 0 radical (unpaired) electrons. The molecule has 0 aliphatic rings. The molecule has 1 aromatic heterocycles. The van der Waals surface area contributed by atoms with Crippen molar-refractivity contribution in [3.8, 4) is 17.0 Å². The van der Waals surface area contributed by atoms with Gasteiger partial charge in [-0.1, -0.05) is 12.1 Å². The van der Waals surface area contributed by atoms with E-state index in [1.807, 2.05) is 14.1 Å². The summed E-state index contributed by atoms with van der Waals surface area (Å²) in [6.07, 6.45) is -1.94. The minimum absolute atomic E-state index is 0.472. The second-order valence-electron chi connectivity index (χ2n) is 5.47. The first-order chi connectivity index (χ1) is 10.9. The van der Waals surface area contributed by atoms with E-state index in [1.165, 1.54) is 12.3 Å². The van der Waals surface area contributed by atoms with Crippen LogP contribution in [0, 0.1) is 0 Å². The van der Waals surface area contributed by atoms with Gasteiger partial charge in [-0.2, -0.15) is 13.2 Å². The largest absolute Gasteiger partial charge is 0.478 e. The van der Waals surface area contributed by atoms with E-state index in [1.54, 1.807) is 18.2 Å². The molecule has 0 bridgehead atoms. The predicted molar refractivity (Wildman–Crippen MR) is 83.3 cm³/mol. The van der Waals surface area contributed by atoms with Gasteiger partial charge in [0.25, 0.3) is 0 Å². The fourth-order valence-electron chi connectivity index (χ4n) is 2.07. The number of hydrogen-bond donors (Lipinski definition) is 0. The number of nitrogens with zero attached hydrogens (tertiary/aromatic N) is 2. The summed E-state index contributed by atoms with van der Waals surface area (Å²) in [5.74, 6) is 0.472. The summed E-state index contributed by atoms with van der Waals surface area (Å²) in [5.41, 5.74) is 0.433. The highest BCUT2D eigenvalue weighted by Gasteiger charge is 2.30. The first-order valence-corrected chi connectivity index (χ1v) is 7.27. The maximum atomic E-state index is 12.7. The standard InChI is InChI=1S/C17H19F3N2O/c1-22(2)9-4-10-23-16-8-7-14(12-21-16)13-5-3-6-15(11-13)17(18,19)20/h3,5-8,11-12H,4,9-10H2,1-2H3. The Labute approximate surface area is 133 Å². The van der Waals surface area contributed by atoms with E-state index in [-0.39, 0.29) is 0 Å². The topological polar surface area (TPSA) is 25.4 Å². The molecule has 2 rings (SSSR count). The quantitative estimate of drug-likeness (QED) is 0.748. The monoisotopic (exact) mass is 324 g/mol. The fraction of sp³-hybridized carbons (Fsp3) is 0.353. The minimum Gasteiger partial charge on any atom is -0.478 e. The lowest BCUT2D eigenvalue weighted by Gasteiger charge is -2.11. The molecule has 0 amide bonds. The number of halogens is 3. The third-order valence-corrected chi connectivity index (χ3v) is 3.26. The second kappa shape index (κ2) is 7.46. The molecule has 23 heavy (non-hydrogen) atoms. The van der Waals surface area contributed by atoms with E-state index in [2.05, 4.69) is 9.88 Å². The highest BCUT2D eigenvalue weighted by molar-refractivity contribution is 5.63. The number of pyridine rings is 1. The van der Waals surface area contributed by atoms with Crippen LogP contribution in [-0.4, -0.2) is 37.1 Å². The van der Waals surface area contributed by atoms with Crippen molar-refractivity contribution in [2.75, 3.05) is 27.2 Å². The third-order valence-electron chi connectivity index (χ3n) is 3.26. The molecule has 2 aromatic rings. The van der Waals surface area contributed by atoms with Crippen molar-refractivity contribution in [3.05, 3.63) is 48.2 Å². The van der Waals surface area contributed by atoms with Crippen LogP contribution in [0.1, 0.15) is 12.0 Å². The Bertz CT molecular complexity index is 624. The Hall–Kier alpha value is -2.08. The van der Waals surface area contributed by atoms with Crippen LogP contribution in [0.3, 0.4) is 0 Å². The van der Waals surface area contributed by atoms with Crippen molar-refractivity contribution in [3.63, 3.8) is 0 Å². The molecular weight excluding hydrogens is 305 g/mol. The predicted octanol–water partition coefficient (Wildman–Crippen LogP) is 4.10. The highest BCUT2D eigenvalue weighted by Crippen LogP contribution is 2.32. The van der Waals surface area contributed by atoms with Crippen LogP contribution in [0.15, 0.2) is 42.6 Å². The van der Waals surface area contributed by atoms with Gasteiger partial charge in [0.05, 0.1) is 12.2 Å². The summed E-state index contributed by atoms with van der Waals surface area (Å²) in [7, 11) is 3.98.